The summed E-state index contributed by atoms with van der Waals surface area (Å²) in [6, 6.07) is 5.89. The molecule has 0 spiro atoms. The molecule has 1 atom stereocenters. The predicted octanol–water partition coefficient (Wildman–Crippen LogP) is 2.99. The van der Waals surface area contributed by atoms with Crippen LogP contribution in [0.4, 0.5) is 11.5 Å². The number of nitrogens with zero attached hydrogens (tertiary/aromatic N) is 3. The fourth-order valence-corrected chi connectivity index (χ4v) is 4.50. The zero-order valence-electron chi connectivity index (χ0n) is 15.8. The van der Waals surface area contributed by atoms with Crippen molar-refractivity contribution < 1.29 is 9.53 Å². The van der Waals surface area contributed by atoms with Gasteiger partial charge in [-0.3, -0.25) is 4.79 Å². The fourth-order valence-electron chi connectivity index (χ4n) is 3.39. The van der Waals surface area contributed by atoms with Crippen molar-refractivity contribution in [1.29, 1.82) is 0 Å². The molecular weight excluding hydrogens is 376 g/mol. The molecular formula is C19H24N6O2S. The van der Waals surface area contributed by atoms with Crippen molar-refractivity contribution in [2.45, 2.75) is 32.4 Å². The summed E-state index contributed by atoms with van der Waals surface area (Å²) in [6.45, 7) is 3.44. The highest BCUT2D eigenvalue weighted by molar-refractivity contribution is 7.22. The first-order valence-corrected chi connectivity index (χ1v) is 10.3. The summed E-state index contributed by atoms with van der Waals surface area (Å²) in [4.78, 5) is 16.6. The minimum Gasteiger partial charge on any atom is -0.384 e. The van der Waals surface area contributed by atoms with Crippen LogP contribution >= 0.6 is 11.3 Å². The summed E-state index contributed by atoms with van der Waals surface area (Å²) in [7, 11) is 0. The van der Waals surface area contributed by atoms with Gasteiger partial charge in [-0.15, -0.1) is 11.3 Å². The molecule has 0 saturated carbocycles. The van der Waals surface area contributed by atoms with Crippen LogP contribution in [0, 0.1) is 0 Å². The molecule has 3 aromatic heterocycles. The number of ether oxygens (including phenoxy) is 1. The highest BCUT2D eigenvalue weighted by atomic mass is 32.1. The zero-order valence-corrected chi connectivity index (χ0v) is 16.6. The largest absolute Gasteiger partial charge is 0.384 e. The predicted molar refractivity (Wildman–Crippen MR) is 111 cm³/mol. The third-order valence-corrected chi connectivity index (χ3v) is 5.84. The maximum atomic E-state index is 11.0. The summed E-state index contributed by atoms with van der Waals surface area (Å²) in [5.74, 6) is 0.417. The molecule has 148 valence electrons. The number of aromatic nitrogens is 3. The van der Waals surface area contributed by atoms with Crippen LogP contribution in [-0.4, -0.2) is 40.4 Å². The number of carbonyl (C=O) groups is 1. The molecule has 8 nitrogen and oxygen atoms in total. The number of anilines is 2. The van der Waals surface area contributed by atoms with Crippen LogP contribution in [0.15, 0.2) is 24.4 Å². The smallest absolute Gasteiger partial charge is 0.216 e. The number of fused-ring (bicyclic) bond motifs is 1. The summed E-state index contributed by atoms with van der Waals surface area (Å²) in [6.07, 6.45) is 5.02. The Labute approximate surface area is 167 Å². The van der Waals surface area contributed by atoms with Crippen LogP contribution in [0.1, 0.15) is 32.4 Å². The van der Waals surface area contributed by atoms with Crippen molar-refractivity contribution in [2.75, 3.05) is 30.7 Å². The molecule has 9 heteroatoms. The molecule has 1 unspecified atom stereocenters. The Balaban J connectivity index is 1.62. The molecule has 4 heterocycles. The average molecular weight is 401 g/mol. The topological polar surface area (TPSA) is 107 Å². The van der Waals surface area contributed by atoms with Gasteiger partial charge in [-0.25, -0.2) is 9.67 Å². The first-order chi connectivity index (χ1) is 13.6. The molecule has 1 aliphatic rings. The maximum absolute atomic E-state index is 11.0. The van der Waals surface area contributed by atoms with Gasteiger partial charge >= 0.3 is 0 Å². The summed E-state index contributed by atoms with van der Waals surface area (Å²) in [5, 5.41) is 10.6. The Hall–Kier alpha value is -2.65. The molecule has 0 aliphatic carbocycles. The van der Waals surface area contributed by atoms with E-state index in [2.05, 4.69) is 20.7 Å². The van der Waals surface area contributed by atoms with Gasteiger partial charge in [0.1, 0.15) is 5.82 Å². The van der Waals surface area contributed by atoms with E-state index in [0.29, 0.717) is 18.9 Å². The first kappa shape index (κ1) is 18.7. The SMILES string of the molecule is CC(=O)NCCNc1cc(N)nc2cc(-c3ccnn3C3CCCCO3)sc12. The number of nitrogen functional groups attached to an aromatic ring is 1. The van der Waals surface area contributed by atoms with Crippen molar-refractivity contribution in [2.24, 2.45) is 0 Å². The zero-order chi connectivity index (χ0) is 19.5. The van der Waals surface area contributed by atoms with Crippen molar-refractivity contribution in [1.82, 2.24) is 20.1 Å². The highest BCUT2D eigenvalue weighted by Gasteiger charge is 2.21. The fraction of sp³-hybridized carbons (Fsp3) is 0.421. The lowest BCUT2D eigenvalue weighted by molar-refractivity contribution is -0.118. The van der Waals surface area contributed by atoms with Crippen LogP contribution in [0.25, 0.3) is 20.8 Å². The van der Waals surface area contributed by atoms with E-state index < -0.39 is 0 Å². The molecule has 0 radical (unpaired) electrons. The van der Waals surface area contributed by atoms with Crippen molar-refractivity contribution in [3.8, 4) is 10.6 Å². The molecule has 0 bridgehead atoms. The second-order valence-electron chi connectivity index (χ2n) is 6.81. The lowest BCUT2D eigenvalue weighted by Crippen LogP contribution is -2.26. The summed E-state index contributed by atoms with van der Waals surface area (Å²) >= 11 is 1.65. The van der Waals surface area contributed by atoms with Gasteiger partial charge in [0.2, 0.25) is 5.91 Å². The molecule has 1 fully saturated rings. The number of hydrogen-bond acceptors (Lipinski definition) is 7. The first-order valence-electron chi connectivity index (χ1n) is 9.45. The van der Waals surface area contributed by atoms with E-state index in [4.69, 9.17) is 10.5 Å². The van der Waals surface area contributed by atoms with Crippen molar-refractivity contribution in [3.63, 3.8) is 0 Å². The van der Waals surface area contributed by atoms with Gasteiger partial charge in [0.05, 0.1) is 26.5 Å². The quantitative estimate of drug-likeness (QED) is 0.549. The van der Waals surface area contributed by atoms with Crippen molar-refractivity contribution in [3.05, 3.63) is 24.4 Å². The van der Waals surface area contributed by atoms with Gasteiger partial charge < -0.3 is 21.1 Å². The molecule has 28 heavy (non-hydrogen) atoms. The Kier molecular flexibility index (Phi) is 5.45. The summed E-state index contributed by atoms with van der Waals surface area (Å²) < 4.78 is 8.91. The van der Waals surface area contributed by atoms with E-state index in [9.17, 15) is 4.79 Å². The van der Waals surface area contributed by atoms with E-state index >= 15 is 0 Å². The van der Waals surface area contributed by atoms with Gasteiger partial charge in [0.15, 0.2) is 6.23 Å². The Morgan fingerprint density at radius 2 is 2.29 bits per heavy atom. The van der Waals surface area contributed by atoms with E-state index in [1.807, 2.05) is 29.1 Å². The number of nitrogens with one attached hydrogen (secondary N) is 2. The van der Waals surface area contributed by atoms with Gasteiger partial charge in [-0.05, 0) is 31.4 Å². The maximum Gasteiger partial charge on any atom is 0.216 e. The van der Waals surface area contributed by atoms with Crippen LogP contribution in [-0.2, 0) is 9.53 Å². The minimum atomic E-state index is -0.0437. The Morgan fingerprint density at radius 3 is 3.07 bits per heavy atom. The number of amides is 1. The molecule has 3 aromatic rings. The van der Waals surface area contributed by atoms with Crippen LogP contribution in [0.2, 0.25) is 0 Å². The monoisotopic (exact) mass is 400 g/mol. The van der Waals surface area contributed by atoms with Gasteiger partial charge in [-0.2, -0.15) is 5.10 Å². The summed E-state index contributed by atoms with van der Waals surface area (Å²) in [5.41, 5.74) is 8.79. The van der Waals surface area contributed by atoms with Crippen LogP contribution in [0.3, 0.4) is 0 Å². The van der Waals surface area contributed by atoms with E-state index in [0.717, 1.165) is 52.3 Å². The number of rotatable bonds is 6. The lowest BCUT2D eigenvalue weighted by Gasteiger charge is -2.24. The number of pyridine rings is 1. The highest BCUT2D eigenvalue weighted by Crippen LogP contribution is 2.38. The molecule has 4 rings (SSSR count). The number of carbonyl (C=O) groups excluding carboxylic acids is 1. The van der Waals surface area contributed by atoms with E-state index in [1.165, 1.54) is 6.92 Å². The second kappa shape index (κ2) is 8.15. The third-order valence-electron chi connectivity index (χ3n) is 4.66. The van der Waals surface area contributed by atoms with Crippen LogP contribution in [0.5, 0.6) is 0 Å². The number of hydrogen-bond donors (Lipinski definition) is 3. The van der Waals surface area contributed by atoms with E-state index in [-0.39, 0.29) is 12.1 Å². The van der Waals surface area contributed by atoms with Gasteiger partial charge in [-0.1, -0.05) is 0 Å². The van der Waals surface area contributed by atoms with Gasteiger partial charge in [0.25, 0.3) is 0 Å². The Bertz CT molecular complexity index is 976. The second-order valence-corrected chi connectivity index (χ2v) is 7.86. The molecule has 1 amide bonds. The Morgan fingerprint density at radius 1 is 1.39 bits per heavy atom. The van der Waals surface area contributed by atoms with Crippen molar-refractivity contribution >= 4 is 39.0 Å². The lowest BCUT2D eigenvalue weighted by atomic mass is 10.2. The molecule has 1 saturated heterocycles. The van der Waals surface area contributed by atoms with Gasteiger partial charge in [0, 0.05) is 38.9 Å². The molecule has 4 N–H and O–H groups in total. The number of nitrogens with two attached hydrogens (primary N) is 1. The minimum absolute atomic E-state index is 0.0164. The molecule has 0 aromatic carbocycles. The normalized spacial score (nSPS) is 17.0. The van der Waals surface area contributed by atoms with Crippen LogP contribution < -0.4 is 16.4 Å². The average Bonchev–Trinajstić information content (AvgIpc) is 3.32. The number of thiophene rings is 1. The standard InChI is InChI=1S/C19H24N6O2S/c1-12(26)21-7-8-22-13-11-17(20)24-14-10-16(28-19(13)14)15-5-6-23-25(15)18-4-2-3-9-27-18/h5-6,10-11,18H,2-4,7-9H2,1H3,(H,21,26)(H3,20,22,24). The van der Waals surface area contributed by atoms with E-state index in [1.54, 1.807) is 11.3 Å². The third kappa shape index (κ3) is 3.95. The molecule has 1 aliphatic heterocycles.